The van der Waals surface area contributed by atoms with Crippen molar-refractivity contribution in [1.82, 2.24) is 4.90 Å². The summed E-state index contributed by atoms with van der Waals surface area (Å²) in [5.41, 5.74) is 1.36. The SMILES string of the molecule is CN(C)C(=O)Oc1c(/C=C/C2=CCCC2)sc2ccccc12. The normalized spacial score (nSPS) is 14.5. The third-order valence-electron chi connectivity index (χ3n) is 3.65. The fourth-order valence-electron chi connectivity index (χ4n) is 2.46. The Bertz CT molecular complexity index is 756. The van der Waals surface area contributed by atoms with E-state index < -0.39 is 0 Å². The summed E-state index contributed by atoms with van der Waals surface area (Å²) in [5.74, 6) is 0.661. The van der Waals surface area contributed by atoms with E-state index in [4.69, 9.17) is 4.74 Å². The van der Waals surface area contributed by atoms with Crippen molar-refractivity contribution in [2.45, 2.75) is 19.3 Å². The number of thiophene rings is 1. The first-order valence-electron chi connectivity index (χ1n) is 7.43. The number of carbonyl (C=O) groups excluding carboxylic acids is 1. The molecule has 1 aliphatic rings. The zero-order chi connectivity index (χ0) is 15.5. The van der Waals surface area contributed by atoms with Crippen molar-refractivity contribution < 1.29 is 9.53 Å². The minimum absolute atomic E-state index is 0.349. The maximum Gasteiger partial charge on any atom is 0.414 e. The van der Waals surface area contributed by atoms with Crippen LogP contribution in [0.4, 0.5) is 4.79 Å². The summed E-state index contributed by atoms with van der Waals surface area (Å²) in [6.07, 6.45) is 9.66. The minimum Gasteiger partial charge on any atom is -0.408 e. The lowest BCUT2D eigenvalue weighted by atomic mass is 10.2. The van der Waals surface area contributed by atoms with Crippen molar-refractivity contribution in [1.29, 1.82) is 0 Å². The van der Waals surface area contributed by atoms with Crippen LogP contribution in [0.15, 0.2) is 42.0 Å². The molecular formula is C18H19NO2S. The molecule has 0 fully saturated rings. The Kier molecular flexibility index (Phi) is 4.29. The van der Waals surface area contributed by atoms with Crippen LogP contribution in [-0.4, -0.2) is 25.1 Å². The van der Waals surface area contributed by atoms with Gasteiger partial charge in [-0.2, -0.15) is 0 Å². The largest absolute Gasteiger partial charge is 0.414 e. The van der Waals surface area contributed by atoms with E-state index in [0.29, 0.717) is 5.75 Å². The summed E-state index contributed by atoms with van der Waals surface area (Å²) in [6, 6.07) is 8.02. The van der Waals surface area contributed by atoms with Crippen LogP contribution in [0, 0.1) is 0 Å². The number of carbonyl (C=O) groups is 1. The van der Waals surface area contributed by atoms with Crippen LogP contribution in [0.5, 0.6) is 5.75 Å². The number of rotatable bonds is 3. The number of hydrogen-bond acceptors (Lipinski definition) is 3. The van der Waals surface area contributed by atoms with Crippen LogP contribution < -0.4 is 4.74 Å². The van der Waals surface area contributed by atoms with Crippen molar-refractivity contribution in [3.05, 3.63) is 46.9 Å². The Morgan fingerprint density at radius 3 is 2.82 bits per heavy atom. The number of nitrogens with zero attached hydrogens (tertiary/aromatic N) is 1. The molecule has 1 aromatic heterocycles. The van der Waals surface area contributed by atoms with Gasteiger partial charge in [-0.05, 0) is 37.5 Å². The van der Waals surface area contributed by atoms with Crippen molar-refractivity contribution >= 4 is 33.6 Å². The summed E-state index contributed by atoms with van der Waals surface area (Å²) in [5, 5.41) is 0.989. The number of hydrogen-bond donors (Lipinski definition) is 0. The molecule has 0 atom stereocenters. The average Bonchev–Trinajstić information content (AvgIpc) is 3.13. The standard InChI is InChI=1S/C18H19NO2S/c1-19(2)18(20)21-17-14-9-5-6-10-15(14)22-16(17)12-11-13-7-3-4-8-13/h5-7,9-12H,3-4,8H2,1-2H3/b12-11+. The zero-order valence-corrected chi connectivity index (χ0v) is 13.7. The third kappa shape index (κ3) is 3.07. The van der Waals surface area contributed by atoms with E-state index in [-0.39, 0.29) is 6.09 Å². The molecule has 0 aliphatic heterocycles. The molecule has 0 unspecified atom stereocenters. The van der Waals surface area contributed by atoms with Gasteiger partial charge in [0.15, 0.2) is 5.75 Å². The molecule has 0 N–H and O–H groups in total. The van der Waals surface area contributed by atoms with E-state index in [1.165, 1.54) is 16.9 Å². The molecule has 0 radical (unpaired) electrons. The average molecular weight is 313 g/mol. The first kappa shape index (κ1) is 14.9. The molecule has 3 nitrogen and oxygen atoms in total. The van der Waals surface area contributed by atoms with Crippen LogP contribution >= 0.6 is 11.3 Å². The molecule has 0 saturated heterocycles. The third-order valence-corrected chi connectivity index (χ3v) is 4.77. The van der Waals surface area contributed by atoms with Crippen LogP contribution in [0.1, 0.15) is 24.1 Å². The highest BCUT2D eigenvalue weighted by Gasteiger charge is 2.16. The Morgan fingerprint density at radius 2 is 2.09 bits per heavy atom. The number of fused-ring (bicyclic) bond motifs is 1. The molecule has 114 valence electrons. The molecule has 0 bridgehead atoms. The van der Waals surface area contributed by atoms with Gasteiger partial charge in [-0.1, -0.05) is 29.9 Å². The molecule has 0 saturated carbocycles. The van der Waals surface area contributed by atoms with Crippen LogP contribution in [-0.2, 0) is 0 Å². The monoisotopic (exact) mass is 313 g/mol. The number of benzene rings is 1. The highest BCUT2D eigenvalue weighted by Crippen LogP contribution is 2.39. The second-order valence-corrected chi connectivity index (χ2v) is 6.64. The van der Waals surface area contributed by atoms with Gasteiger partial charge in [0.1, 0.15) is 0 Å². The molecule has 1 aromatic carbocycles. The predicted molar refractivity (Wildman–Crippen MR) is 92.5 cm³/mol. The summed E-state index contributed by atoms with van der Waals surface area (Å²) < 4.78 is 6.73. The lowest BCUT2D eigenvalue weighted by Gasteiger charge is -2.10. The Hall–Kier alpha value is -2.07. The van der Waals surface area contributed by atoms with Gasteiger partial charge in [-0.3, -0.25) is 0 Å². The number of ether oxygens (including phenoxy) is 1. The van der Waals surface area contributed by atoms with Gasteiger partial charge >= 0.3 is 6.09 Å². The summed E-state index contributed by atoms with van der Waals surface area (Å²) in [6.45, 7) is 0. The fourth-order valence-corrected chi connectivity index (χ4v) is 3.50. The summed E-state index contributed by atoms with van der Waals surface area (Å²) in [7, 11) is 3.38. The number of amides is 1. The smallest absolute Gasteiger partial charge is 0.408 e. The van der Waals surface area contributed by atoms with Gasteiger partial charge in [-0.15, -0.1) is 11.3 Å². The maximum absolute atomic E-state index is 11.9. The predicted octanol–water partition coefficient (Wildman–Crippen LogP) is 5.09. The van der Waals surface area contributed by atoms with E-state index in [2.05, 4.69) is 24.3 Å². The second kappa shape index (κ2) is 6.36. The lowest BCUT2D eigenvalue weighted by Crippen LogP contribution is -2.25. The van der Waals surface area contributed by atoms with Crippen molar-refractivity contribution in [3.63, 3.8) is 0 Å². The van der Waals surface area contributed by atoms with Crippen LogP contribution in [0.2, 0.25) is 0 Å². The highest BCUT2D eigenvalue weighted by atomic mass is 32.1. The van der Waals surface area contributed by atoms with Crippen LogP contribution in [0.25, 0.3) is 16.2 Å². The van der Waals surface area contributed by atoms with Crippen LogP contribution in [0.3, 0.4) is 0 Å². The van der Waals surface area contributed by atoms with E-state index >= 15 is 0 Å². The Morgan fingerprint density at radius 1 is 1.27 bits per heavy atom. The van der Waals surface area contributed by atoms with Gasteiger partial charge in [-0.25, -0.2) is 4.79 Å². The molecule has 0 spiro atoms. The topological polar surface area (TPSA) is 29.5 Å². The summed E-state index contributed by atoms with van der Waals surface area (Å²) >= 11 is 1.65. The van der Waals surface area contributed by atoms with Crippen molar-refractivity contribution in [2.24, 2.45) is 0 Å². The van der Waals surface area contributed by atoms with Crippen molar-refractivity contribution in [2.75, 3.05) is 14.1 Å². The minimum atomic E-state index is -0.349. The van der Waals surface area contributed by atoms with Crippen molar-refractivity contribution in [3.8, 4) is 5.75 Å². The van der Waals surface area contributed by atoms with Gasteiger partial charge in [0.2, 0.25) is 0 Å². The molecule has 22 heavy (non-hydrogen) atoms. The molecule has 2 aromatic rings. The van der Waals surface area contributed by atoms with E-state index in [1.807, 2.05) is 18.2 Å². The van der Waals surface area contributed by atoms with E-state index in [0.717, 1.165) is 27.8 Å². The van der Waals surface area contributed by atoms with Gasteiger partial charge in [0, 0.05) is 24.2 Å². The molecule has 1 amide bonds. The maximum atomic E-state index is 11.9. The fraction of sp³-hybridized carbons (Fsp3) is 0.278. The molecule has 4 heteroatoms. The quantitative estimate of drug-likeness (QED) is 0.790. The van der Waals surface area contributed by atoms with E-state index in [1.54, 1.807) is 25.4 Å². The molecule has 3 rings (SSSR count). The summed E-state index contributed by atoms with van der Waals surface area (Å²) in [4.78, 5) is 14.4. The first-order chi connectivity index (χ1) is 10.6. The zero-order valence-electron chi connectivity index (χ0n) is 12.8. The first-order valence-corrected chi connectivity index (χ1v) is 8.24. The number of allylic oxidation sites excluding steroid dienone is 3. The molecule has 1 aliphatic carbocycles. The second-order valence-electron chi connectivity index (χ2n) is 5.56. The highest BCUT2D eigenvalue weighted by molar-refractivity contribution is 7.20. The van der Waals surface area contributed by atoms with Gasteiger partial charge < -0.3 is 9.64 Å². The molecule has 1 heterocycles. The Labute approximate surface area is 134 Å². The molecular weight excluding hydrogens is 294 g/mol. The Balaban J connectivity index is 1.98. The van der Waals surface area contributed by atoms with Gasteiger partial charge in [0.25, 0.3) is 0 Å². The van der Waals surface area contributed by atoms with E-state index in [9.17, 15) is 4.79 Å². The van der Waals surface area contributed by atoms with Gasteiger partial charge in [0.05, 0.1) is 4.88 Å². The lowest BCUT2D eigenvalue weighted by molar-refractivity contribution is 0.172.